The summed E-state index contributed by atoms with van der Waals surface area (Å²) in [6.45, 7) is 0.700. The molecule has 0 saturated heterocycles. The van der Waals surface area contributed by atoms with Crippen LogP contribution in [-0.4, -0.2) is 39.5 Å². The van der Waals surface area contributed by atoms with Gasteiger partial charge in [-0.05, 0) is 6.42 Å². The maximum absolute atomic E-state index is 13.6. The highest BCUT2D eigenvalue weighted by Gasteiger charge is 2.56. The van der Waals surface area contributed by atoms with Crippen molar-refractivity contribution < 1.29 is 26.5 Å². The summed E-state index contributed by atoms with van der Waals surface area (Å²) in [4.78, 5) is 10.4. The molecule has 0 amide bonds. The lowest BCUT2D eigenvalue weighted by Gasteiger charge is -2.07. The summed E-state index contributed by atoms with van der Waals surface area (Å²) < 4.78 is 43.7. The first-order chi connectivity index (χ1) is 6.73. The predicted molar refractivity (Wildman–Crippen MR) is 49.4 cm³/mol. The fraction of sp³-hybridized carbons (Fsp3) is 0.875. The molecule has 1 saturated carbocycles. The van der Waals surface area contributed by atoms with Gasteiger partial charge < -0.3 is 4.74 Å². The van der Waals surface area contributed by atoms with Crippen molar-refractivity contribution in [3.63, 3.8) is 0 Å². The summed E-state index contributed by atoms with van der Waals surface area (Å²) in [5.41, 5.74) is -1.67. The van der Waals surface area contributed by atoms with E-state index < -0.39 is 34.3 Å². The number of rotatable bonds is 5. The van der Waals surface area contributed by atoms with E-state index in [2.05, 4.69) is 8.92 Å². The minimum absolute atomic E-state index is 0.0288. The molecule has 1 aliphatic carbocycles. The third-order valence-electron chi connectivity index (χ3n) is 2.16. The molecular formula is C8H13FO5S. The van der Waals surface area contributed by atoms with Crippen LogP contribution in [0, 0.1) is 5.92 Å². The third kappa shape index (κ3) is 4.13. The third-order valence-corrected chi connectivity index (χ3v) is 2.70. The molecule has 0 spiro atoms. The van der Waals surface area contributed by atoms with Gasteiger partial charge in [-0.3, -0.25) is 8.98 Å². The van der Waals surface area contributed by atoms with Crippen molar-refractivity contribution in [2.75, 3.05) is 19.5 Å². The van der Waals surface area contributed by atoms with Gasteiger partial charge in [0.05, 0.1) is 12.9 Å². The number of hydrogen-bond donors (Lipinski definition) is 0. The van der Waals surface area contributed by atoms with Crippen LogP contribution in [0.15, 0.2) is 0 Å². The van der Waals surface area contributed by atoms with Crippen LogP contribution in [0.25, 0.3) is 0 Å². The van der Waals surface area contributed by atoms with Crippen LogP contribution < -0.4 is 0 Å². The van der Waals surface area contributed by atoms with E-state index >= 15 is 0 Å². The van der Waals surface area contributed by atoms with Crippen LogP contribution in [-0.2, 0) is 23.8 Å². The first-order valence-electron chi connectivity index (χ1n) is 4.40. The summed E-state index contributed by atoms with van der Waals surface area (Å²) >= 11 is 0. The van der Waals surface area contributed by atoms with Crippen LogP contribution in [0.1, 0.15) is 13.3 Å². The second-order valence-electron chi connectivity index (χ2n) is 3.70. The van der Waals surface area contributed by atoms with Gasteiger partial charge in [0.15, 0.2) is 0 Å². The Hall–Kier alpha value is -0.690. The van der Waals surface area contributed by atoms with E-state index in [1.807, 2.05) is 0 Å². The van der Waals surface area contributed by atoms with Crippen LogP contribution in [0.3, 0.4) is 0 Å². The van der Waals surface area contributed by atoms with Crippen LogP contribution in [0.2, 0.25) is 0 Å². The molecule has 15 heavy (non-hydrogen) atoms. The topological polar surface area (TPSA) is 69.7 Å². The molecule has 1 rings (SSSR count). The molecule has 0 N–H and O–H groups in total. The molecule has 88 valence electrons. The van der Waals surface area contributed by atoms with E-state index in [-0.39, 0.29) is 13.0 Å². The molecule has 5 nitrogen and oxygen atoms in total. The maximum atomic E-state index is 13.6. The monoisotopic (exact) mass is 240 g/mol. The summed E-state index contributed by atoms with van der Waals surface area (Å²) in [7, 11) is -3.62. The number of ether oxygens (including phenoxy) is 1. The largest absolute Gasteiger partial charge is 0.465 e. The summed E-state index contributed by atoms with van der Waals surface area (Å²) in [6.07, 6.45) is 1.02. The highest BCUT2D eigenvalue weighted by atomic mass is 32.2. The Bertz CT molecular complexity index is 352. The highest BCUT2D eigenvalue weighted by Crippen LogP contribution is 2.47. The van der Waals surface area contributed by atoms with E-state index in [1.54, 1.807) is 0 Å². The lowest BCUT2D eigenvalue weighted by molar-refractivity contribution is -0.141. The van der Waals surface area contributed by atoms with Gasteiger partial charge in [0.25, 0.3) is 10.1 Å². The molecular weight excluding hydrogens is 227 g/mol. The fourth-order valence-corrected chi connectivity index (χ4v) is 1.57. The quantitative estimate of drug-likeness (QED) is 0.509. The average molecular weight is 240 g/mol. The van der Waals surface area contributed by atoms with Gasteiger partial charge in [0.1, 0.15) is 12.3 Å². The number of esters is 1. The Labute approximate surface area is 87.7 Å². The minimum Gasteiger partial charge on any atom is -0.465 e. The van der Waals surface area contributed by atoms with E-state index in [0.29, 0.717) is 0 Å². The van der Waals surface area contributed by atoms with E-state index in [1.165, 1.54) is 6.92 Å². The Morgan fingerprint density at radius 1 is 1.60 bits per heavy atom. The number of hydrogen-bond acceptors (Lipinski definition) is 5. The normalized spacial score (nSPS) is 29.9. The van der Waals surface area contributed by atoms with Crippen molar-refractivity contribution >= 4 is 16.1 Å². The zero-order chi connectivity index (χ0) is 11.7. The molecule has 1 aliphatic rings. The summed E-state index contributed by atoms with van der Waals surface area (Å²) in [5.74, 6) is -0.934. The van der Waals surface area contributed by atoms with Crippen molar-refractivity contribution in [1.29, 1.82) is 0 Å². The van der Waals surface area contributed by atoms with E-state index in [0.717, 1.165) is 6.26 Å². The van der Waals surface area contributed by atoms with Crippen molar-refractivity contribution in [2.45, 2.75) is 19.0 Å². The van der Waals surface area contributed by atoms with E-state index in [9.17, 15) is 17.6 Å². The Morgan fingerprint density at radius 3 is 2.67 bits per heavy atom. The van der Waals surface area contributed by atoms with Gasteiger partial charge in [-0.1, -0.05) is 0 Å². The van der Waals surface area contributed by atoms with Gasteiger partial charge in [-0.25, -0.2) is 4.39 Å². The zero-order valence-electron chi connectivity index (χ0n) is 8.53. The molecule has 0 radical (unpaired) electrons. The number of alkyl halides is 1. The molecule has 0 bridgehead atoms. The molecule has 1 fully saturated rings. The zero-order valence-corrected chi connectivity index (χ0v) is 9.34. The number of carbonyl (C=O) groups excluding carboxylic acids is 1. The number of halogens is 1. The summed E-state index contributed by atoms with van der Waals surface area (Å²) in [5, 5.41) is 0. The standard InChI is InChI=1S/C8H13FO5S/c1-6(10)13-4-7-3-8(7,9)5-14-15(2,11)12/h7H,3-5H2,1-2H3/t7-,8-/m0/s1. The van der Waals surface area contributed by atoms with Crippen LogP contribution in [0.5, 0.6) is 0 Å². The van der Waals surface area contributed by atoms with Crippen molar-refractivity contribution in [2.24, 2.45) is 5.92 Å². The maximum Gasteiger partial charge on any atom is 0.302 e. The summed E-state index contributed by atoms with van der Waals surface area (Å²) in [6, 6.07) is 0. The van der Waals surface area contributed by atoms with E-state index in [4.69, 9.17) is 0 Å². The molecule has 7 heteroatoms. The first kappa shape index (κ1) is 12.4. The fourth-order valence-electron chi connectivity index (χ4n) is 1.16. The Kier molecular flexibility index (Phi) is 3.34. The van der Waals surface area contributed by atoms with Gasteiger partial charge in [0.2, 0.25) is 0 Å². The molecule has 0 unspecified atom stereocenters. The molecule has 2 atom stereocenters. The lowest BCUT2D eigenvalue weighted by Crippen LogP contribution is -2.19. The smallest absolute Gasteiger partial charge is 0.302 e. The van der Waals surface area contributed by atoms with Gasteiger partial charge in [-0.15, -0.1) is 0 Å². The molecule has 0 aromatic heterocycles. The van der Waals surface area contributed by atoms with Gasteiger partial charge in [-0.2, -0.15) is 8.42 Å². The molecule has 0 aliphatic heterocycles. The molecule has 0 aromatic carbocycles. The second-order valence-corrected chi connectivity index (χ2v) is 5.35. The predicted octanol–water partition coefficient (Wildman–Crippen LogP) is 0.254. The van der Waals surface area contributed by atoms with Gasteiger partial charge in [0, 0.05) is 12.8 Å². The van der Waals surface area contributed by atoms with Crippen LogP contribution >= 0.6 is 0 Å². The Morgan fingerprint density at radius 2 is 2.20 bits per heavy atom. The number of carbonyl (C=O) groups is 1. The molecule has 0 aromatic rings. The van der Waals surface area contributed by atoms with Gasteiger partial charge >= 0.3 is 5.97 Å². The minimum atomic E-state index is -3.62. The van der Waals surface area contributed by atoms with Crippen molar-refractivity contribution in [1.82, 2.24) is 0 Å². The molecule has 0 heterocycles. The first-order valence-corrected chi connectivity index (χ1v) is 6.21. The van der Waals surface area contributed by atoms with Crippen molar-refractivity contribution in [3.8, 4) is 0 Å². The van der Waals surface area contributed by atoms with Crippen molar-refractivity contribution in [3.05, 3.63) is 0 Å². The van der Waals surface area contributed by atoms with Crippen LogP contribution in [0.4, 0.5) is 4.39 Å². The average Bonchev–Trinajstić information content (AvgIpc) is 2.70. The second kappa shape index (κ2) is 4.05. The lowest BCUT2D eigenvalue weighted by atomic mass is 10.3. The Balaban J connectivity index is 2.30. The highest BCUT2D eigenvalue weighted by molar-refractivity contribution is 7.85. The SMILES string of the molecule is CC(=O)OC[C@@H]1C[C@]1(F)COS(C)(=O)=O.